The average Bonchev–Trinajstić information content (AvgIpc) is 2.75. The van der Waals surface area contributed by atoms with E-state index in [-0.39, 0.29) is 14.2 Å². The Kier molecular flexibility index (Phi) is 3.93. The normalized spacial score (nSPS) is 11.3. The number of benzene rings is 1. The summed E-state index contributed by atoms with van der Waals surface area (Å²) in [5, 5.41) is 10.6. The van der Waals surface area contributed by atoms with Gasteiger partial charge in [-0.15, -0.1) is 11.3 Å². The Morgan fingerprint density at radius 3 is 2.55 bits per heavy atom. The topological polar surface area (TPSA) is 89.3 Å². The van der Waals surface area contributed by atoms with E-state index >= 15 is 0 Å². The van der Waals surface area contributed by atoms with E-state index in [1.165, 1.54) is 18.2 Å². The van der Waals surface area contributed by atoms with Gasteiger partial charge in [0.05, 0.1) is 10.6 Å². The molecule has 6 nitrogen and oxygen atoms in total. The van der Waals surface area contributed by atoms with Gasteiger partial charge in [-0.3, -0.25) is 14.8 Å². The molecule has 0 unspecified atom stereocenters. The molecule has 1 aromatic heterocycles. The van der Waals surface area contributed by atoms with Gasteiger partial charge in [0, 0.05) is 6.07 Å². The monoisotopic (exact) mass is 336 g/mol. The number of sulfonamides is 1. The van der Waals surface area contributed by atoms with Crippen molar-refractivity contribution in [1.82, 2.24) is 0 Å². The summed E-state index contributed by atoms with van der Waals surface area (Å²) in [6.07, 6.45) is 0. The number of hydrogen-bond acceptors (Lipinski definition) is 5. The van der Waals surface area contributed by atoms with Gasteiger partial charge in [0.25, 0.3) is 15.7 Å². The maximum atomic E-state index is 13.4. The van der Waals surface area contributed by atoms with E-state index in [1.54, 1.807) is 0 Å². The summed E-state index contributed by atoms with van der Waals surface area (Å²) < 4.78 is 38.8. The fourth-order valence-corrected chi connectivity index (χ4v) is 4.07. The molecular weight excluding hydrogens is 331 g/mol. The van der Waals surface area contributed by atoms with Crippen LogP contribution in [0.2, 0.25) is 4.34 Å². The molecule has 106 valence electrons. The van der Waals surface area contributed by atoms with Crippen LogP contribution >= 0.6 is 22.9 Å². The Hall–Kier alpha value is -1.71. The molecule has 0 radical (unpaired) electrons. The Balaban J connectivity index is 2.39. The van der Waals surface area contributed by atoms with Crippen molar-refractivity contribution in [2.75, 3.05) is 4.72 Å². The van der Waals surface area contributed by atoms with Crippen molar-refractivity contribution in [3.63, 3.8) is 0 Å². The van der Waals surface area contributed by atoms with Gasteiger partial charge < -0.3 is 0 Å². The van der Waals surface area contributed by atoms with Crippen molar-refractivity contribution in [2.45, 2.75) is 4.21 Å². The summed E-state index contributed by atoms with van der Waals surface area (Å²) in [7, 11) is -4.13. The lowest BCUT2D eigenvalue weighted by molar-refractivity contribution is -0.384. The molecule has 0 aliphatic rings. The second-order valence-corrected chi connectivity index (χ2v) is 7.13. The summed E-state index contributed by atoms with van der Waals surface area (Å²) in [4.78, 5) is 9.84. The van der Waals surface area contributed by atoms with Crippen molar-refractivity contribution < 1.29 is 17.7 Å². The van der Waals surface area contributed by atoms with E-state index in [0.717, 1.165) is 12.1 Å². The number of halogens is 2. The molecular formula is C10H6ClFN2O4S2. The van der Waals surface area contributed by atoms with Crippen LogP contribution in [0.5, 0.6) is 0 Å². The molecule has 1 N–H and O–H groups in total. The fraction of sp³-hybridized carbons (Fsp3) is 0. The standard InChI is InChI=1S/C10H6ClFN2O4S2/c11-10-8(14(15)16)5-9(19-10)20(17,18)13-7-4-2-1-3-6(7)12/h1-5,13H. The van der Waals surface area contributed by atoms with Gasteiger partial charge in [-0.2, -0.15) is 0 Å². The first kappa shape index (κ1) is 14.7. The van der Waals surface area contributed by atoms with Crippen molar-refractivity contribution in [1.29, 1.82) is 0 Å². The number of nitrogens with one attached hydrogen (secondary N) is 1. The van der Waals surface area contributed by atoms with Crippen LogP contribution in [0.25, 0.3) is 0 Å². The molecule has 0 aliphatic carbocycles. The second kappa shape index (κ2) is 5.35. The molecule has 1 aromatic carbocycles. The van der Waals surface area contributed by atoms with Gasteiger partial charge in [-0.05, 0) is 12.1 Å². The van der Waals surface area contributed by atoms with Crippen LogP contribution in [-0.2, 0) is 10.0 Å². The van der Waals surface area contributed by atoms with E-state index in [0.29, 0.717) is 11.3 Å². The summed E-state index contributed by atoms with van der Waals surface area (Å²) >= 11 is 6.12. The minimum absolute atomic E-state index is 0.250. The number of nitro groups is 1. The van der Waals surface area contributed by atoms with Gasteiger partial charge in [0.1, 0.15) is 10.0 Å². The summed E-state index contributed by atoms with van der Waals surface area (Å²) in [5.41, 5.74) is -0.759. The van der Waals surface area contributed by atoms with Crippen LogP contribution in [-0.4, -0.2) is 13.3 Å². The third-order valence-corrected chi connectivity index (χ3v) is 5.40. The molecule has 0 amide bonds. The largest absolute Gasteiger partial charge is 0.300 e. The molecule has 2 aromatic rings. The van der Waals surface area contributed by atoms with Gasteiger partial charge in [0.2, 0.25) is 0 Å². The highest BCUT2D eigenvalue weighted by Crippen LogP contribution is 2.36. The number of nitrogens with zero attached hydrogens (tertiary/aromatic N) is 1. The minimum Gasteiger partial charge on any atom is -0.276 e. The molecule has 0 saturated heterocycles. The second-order valence-electron chi connectivity index (χ2n) is 3.57. The molecule has 0 fully saturated rings. The van der Waals surface area contributed by atoms with Gasteiger partial charge >= 0.3 is 0 Å². The van der Waals surface area contributed by atoms with E-state index in [4.69, 9.17) is 11.6 Å². The number of para-hydroxylation sites is 1. The minimum atomic E-state index is -4.13. The van der Waals surface area contributed by atoms with Gasteiger partial charge in [-0.25, -0.2) is 12.8 Å². The number of rotatable bonds is 4. The Morgan fingerprint density at radius 1 is 1.35 bits per heavy atom. The van der Waals surface area contributed by atoms with E-state index in [1.807, 2.05) is 4.72 Å². The molecule has 0 atom stereocenters. The molecule has 10 heteroatoms. The molecule has 0 aliphatic heterocycles. The smallest absolute Gasteiger partial charge is 0.276 e. The zero-order valence-electron chi connectivity index (χ0n) is 9.54. The van der Waals surface area contributed by atoms with E-state index in [2.05, 4.69) is 0 Å². The zero-order valence-corrected chi connectivity index (χ0v) is 11.9. The third-order valence-electron chi connectivity index (χ3n) is 2.23. The van der Waals surface area contributed by atoms with Crippen molar-refractivity contribution >= 4 is 44.3 Å². The number of anilines is 1. The first-order valence-electron chi connectivity index (χ1n) is 5.02. The van der Waals surface area contributed by atoms with Crippen molar-refractivity contribution in [3.8, 4) is 0 Å². The van der Waals surface area contributed by atoms with Crippen molar-refractivity contribution in [3.05, 3.63) is 50.6 Å². The third kappa shape index (κ3) is 2.89. The Labute approximate surface area is 122 Å². The Morgan fingerprint density at radius 2 is 2.00 bits per heavy atom. The highest BCUT2D eigenvalue weighted by molar-refractivity contribution is 7.94. The van der Waals surface area contributed by atoms with Crippen LogP contribution in [0, 0.1) is 15.9 Å². The maximum Gasteiger partial charge on any atom is 0.300 e. The van der Waals surface area contributed by atoms with Crippen LogP contribution in [0.15, 0.2) is 34.5 Å². The van der Waals surface area contributed by atoms with Gasteiger partial charge in [0.15, 0.2) is 4.34 Å². The summed E-state index contributed by atoms with van der Waals surface area (Å²) in [6.45, 7) is 0. The molecule has 0 saturated carbocycles. The van der Waals surface area contributed by atoms with E-state index < -0.39 is 26.5 Å². The number of thiophene rings is 1. The summed E-state index contributed by atoms with van der Waals surface area (Å²) in [5.74, 6) is -0.756. The molecule has 2 rings (SSSR count). The lowest BCUT2D eigenvalue weighted by Gasteiger charge is -2.06. The van der Waals surface area contributed by atoms with Crippen molar-refractivity contribution in [2.24, 2.45) is 0 Å². The highest BCUT2D eigenvalue weighted by atomic mass is 35.5. The lowest BCUT2D eigenvalue weighted by atomic mass is 10.3. The molecule has 1 heterocycles. The molecule has 20 heavy (non-hydrogen) atoms. The fourth-order valence-electron chi connectivity index (χ4n) is 1.33. The van der Waals surface area contributed by atoms with Gasteiger partial charge in [-0.1, -0.05) is 23.7 Å². The average molecular weight is 337 g/mol. The Bertz CT molecular complexity index is 775. The first-order chi connectivity index (χ1) is 9.31. The molecule has 0 bridgehead atoms. The SMILES string of the molecule is O=[N+]([O-])c1cc(S(=O)(=O)Nc2ccccc2F)sc1Cl. The number of hydrogen-bond donors (Lipinski definition) is 1. The first-order valence-corrected chi connectivity index (χ1v) is 7.70. The maximum absolute atomic E-state index is 13.4. The van der Waals surface area contributed by atoms with Crippen LogP contribution < -0.4 is 4.72 Å². The lowest BCUT2D eigenvalue weighted by Crippen LogP contribution is -2.12. The zero-order chi connectivity index (χ0) is 14.9. The quantitative estimate of drug-likeness (QED) is 0.685. The van der Waals surface area contributed by atoms with Crippen LogP contribution in [0.1, 0.15) is 0 Å². The predicted molar refractivity (Wildman–Crippen MR) is 73.2 cm³/mol. The van der Waals surface area contributed by atoms with Crippen LogP contribution in [0.3, 0.4) is 0 Å². The van der Waals surface area contributed by atoms with E-state index in [9.17, 15) is 22.9 Å². The van der Waals surface area contributed by atoms with Crippen LogP contribution in [0.4, 0.5) is 15.8 Å². The summed E-state index contributed by atoms with van der Waals surface area (Å²) in [6, 6.07) is 6.00. The highest BCUT2D eigenvalue weighted by Gasteiger charge is 2.25. The predicted octanol–water partition coefficient (Wildman–Crippen LogP) is 3.25. The molecule has 0 spiro atoms.